The third-order valence-electron chi connectivity index (χ3n) is 8.73. The molecule has 244 valence electrons. The number of amides is 1. The van der Waals surface area contributed by atoms with Crippen molar-refractivity contribution < 1.29 is 28.1 Å². The fraction of sp³-hybridized carbons (Fsp3) is 0.353. The molecule has 3 fully saturated rings. The normalized spacial score (nSPS) is 19.7. The summed E-state index contributed by atoms with van der Waals surface area (Å²) in [6, 6.07) is 12.1. The van der Waals surface area contributed by atoms with E-state index in [0.29, 0.717) is 73.4 Å². The lowest BCUT2D eigenvalue weighted by atomic mass is 10.0. The van der Waals surface area contributed by atoms with Gasteiger partial charge in [0.1, 0.15) is 53.2 Å². The van der Waals surface area contributed by atoms with Gasteiger partial charge in [-0.3, -0.25) is 4.79 Å². The predicted molar refractivity (Wildman–Crippen MR) is 175 cm³/mol. The molecule has 5 heterocycles. The summed E-state index contributed by atoms with van der Waals surface area (Å²) in [5, 5.41) is 7.37. The monoisotopic (exact) mass is 641 g/mol. The van der Waals surface area contributed by atoms with Crippen molar-refractivity contribution in [3.05, 3.63) is 73.5 Å². The van der Waals surface area contributed by atoms with Crippen LogP contribution in [0.1, 0.15) is 12.8 Å². The first-order valence-corrected chi connectivity index (χ1v) is 15.7. The molecule has 2 atom stereocenters. The van der Waals surface area contributed by atoms with E-state index < -0.39 is 5.82 Å². The molecule has 2 aromatic heterocycles. The molecular weight excluding hydrogens is 605 g/mol. The summed E-state index contributed by atoms with van der Waals surface area (Å²) < 4.78 is 38.8. The molecule has 0 bridgehead atoms. The highest BCUT2D eigenvalue weighted by atomic mass is 19.1. The number of pyridine rings is 1. The molecule has 2 N–H and O–H groups in total. The highest BCUT2D eigenvalue weighted by molar-refractivity contribution is 5.95. The van der Waals surface area contributed by atoms with Gasteiger partial charge in [0, 0.05) is 62.0 Å². The molecule has 12 nitrogen and oxygen atoms in total. The zero-order valence-corrected chi connectivity index (χ0v) is 26.0. The minimum absolute atomic E-state index is 0.0278. The Bertz CT molecular complexity index is 1770. The number of benzene rings is 2. The van der Waals surface area contributed by atoms with Crippen molar-refractivity contribution in [3.63, 3.8) is 0 Å². The zero-order valence-electron chi connectivity index (χ0n) is 26.0. The molecule has 0 unspecified atom stereocenters. The SMILES string of the molecule is C=CC(=O)N1CCC(Nc2cc3c(Nc4ccc(Oc5ccnc(N6C[C@@H]7OCCO[C@@H]7C6)c5)cc4F)ncnc3cc2OC)CC1. The van der Waals surface area contributed by atoms with Crippen LogP contribution in [0.15, 0.2) is 67.6 Å². The maximum Gasteiger partial charge on any atom is 0.245 e. The first-order chi connectivity index (χ1) is 23.0. The topological polar surface area (TPSA) is 123 Å². The fourth-order valence-corrected chi connectivity index (χ4v) is 6.27. The second kappa shape index (κ2) is 13.4. The number of likely N-dealkylation sites (tertiary alicyclic amines) is 1. The third kappa shape index (κ3) is 6.62. The Morgan fingerprint density at radius 2 is 1.77 bits per heavy atom. The van der Waals surface area contributed by atoms with E-state index in [1.54, 1.807) is 36.4 Å². The van der Waals surface area contributed by atoms with E-state index in [1.165, 1.54) is 18.5 Å². The van der Waals surface area contributed by atoms with Crippen molar-refractivity contribution in [2.75, 3.05) is 62.0 Å². The maximum atomic E-state index is 15.5. The minimum atomic E-state index is -0.505. The standard InChI is InChI=1S/C34H36FN7O5/c1-3-33(43)41-10-7-21(8-11-41)39-28-16-24-27(17-29(28)44-2)37-20-38-34(24)40-26-5-4-22(14-25(26)35)47-23-6-9-36-32(15-23)42-18-30-31(19-42)46-13-12-45-30/h3-6,9,14-17,20-21,30-31,39H,1,7-8,10-13,18-19H2,2H3,(H,37,38,40)/t30-,31+. The number of nitrogens with zero attached hydrogens (tertiary/aromatic N) is 5. The third-order valence-corrected chi connectivity index (χ3v) is 8.73. The van der Waals surface area contributed by atoms with Gasteiger partial charge in [0.25, 0.3) is 0 Å². The van der Waals surface area contributed by atoms with Crippen LogP contribution in [0.2, 0.25) is 0 Å². The zero-order chi connectivity index (χ0) is 32.3. The Hall–Kier alpha value is -5.01. The number of hydrogen-bond donors (Lipinski definition) is 2. The summed E-state index contributed by atoms with van der Waals surface area (Å²) in [7, 11) is 1.60. The number of methoxy groups -OCH3 is 1. The van der Waals surface area contributed by atoms with Gasteiger partial charge >= 0.3 is 0 Å². The highest BCUT2D eigenvalue weighted by Crippen LogP contribution is 2.36. The van der Waals surface area contributed by atoms with Crippen LogP contribution in [0.4, 0.5) is 27.4 Å². The van der Waals surface area contributed by atoms with Crippen molar-refractivity contribution in [1.82, 2.24) is 19.9 Å². The van der Waals surface area contributed by atoms with E-state index in [2.05, 4.69) is 37.1 Å². The van der Waals surface area contributed by atoms with E-state index in [9.17, 15) is 4.79 Å². The van der Waals surface area contributed by atoms with E-state index in [0.717, 1.165) is 24.3 Å². The first kappa shape index (κ1) is 30.6. The van der Waals surface area contributed by atoms with Gasteiger partial charge in [-0.15, -0.1) is 0 Å². The van der Waals surface area contributed by atoms with Gasteiger partial charge in [-0.1, -0.05) is 6.58 Å². The van der Waals surface area contributed by atoms with Crippen molar-refractivity contribution >= 4 is 39.8 Å². The number of aromatic nitrogens is 3. The summed E-state index contributed by atoms with van der Waals surface area (Å²) in [6.45, 7) is 7.44. The van der Waals surface area contributed by atoms with Crippen molar-refractivity contribution in [3.8, 4) is 17.2 Å². The van der Waals surface area contributed by atoms with Crippen molar-refractivity contribution in [2.24, 2.45) is 0 Å². The van der Waals surface area contributed by atoms with Gasteiger partial charge in [0.2, 0.25) is 5.91 Å². The molecule has 1 amide bonds. The summed E-state index contributed by atoms with van der Waals surface area (Å²) >= 11 is 0. The summed E-state index contributed by atoms with van der Waals surface area (Å²) in [4.78, 5) is 29.2. The van der Waals surface area contributed by atoms with E-state index in [1.807, 2.05) is 18.2 Å². The van der Waals surface area contributed by atoms with Crippen LogP contribution in [0.3, 0.4) is 0 Å². The van der Waals surface area contributed by atoms with Crippen LogP contribution in [0.25, 0.3) is 10.9 Å². The Balaban J connectivity index is 1.05. The quantitative estimate of drug-likeness (QED) is 0.243. The predicted octanol–water partition coefficient (Wildman–Crippen LogP) is 4.90. The second-order valence-electron chi connectivity index (χ2n) is 11.7. The Morgan fingerprint density at radius 3 is 2.49 bits per heavy atom. The molecule has 0 aliphatic carbocycles. The van der Waals surface area contributed by atoms with Gasteiger partial charge < -0.3 is 39.4 Å². The maximum absolute atomic E-state index is 15.5. The average Bonchev–Trinajstić information content (AvgIpc) is 3.54. The summed E-state index contributed by atoms with van der Waals surface area (Å²) in [6.07, 6.45) is 6.06. The Kier molecular flexibility index (Phi) is 8.72. The molecule has 2 aromatic carbocycles. The molecule has 7 rings (SSSR count). The lowest BCUT2D eigenvalue weighted by Gasteiger charge is -2.32. The van der Waals surface area contributed by atoms with Crippen LogP contribution in [0.5, 0.6) is 17.2 Å². The lowest BCUT2D eigenvalue weighted by Crippen LogP contribution is -2.41. The lowest BCUT2D eigenvalue weighted by molar-refractivity contribution is -0.126. The molecule has 47 heavy (non-hydrogen) atoms. The number of anilines is 4. The minimum Gasteiger partial charge on any atom is -0.495 e. The largest absolute Gasteiger partial charge is 0.495 e. The number of halogens is 1. The number of hydrogen-bond acceptors (Lipinski definition) is 11. The van der Waals surface area contributed by atoms with Gasteiger partial charge in [-0.2, -0.15) is 0 Å². The molecule has 0 spiro atoms. The molecular formula is C34H36FN7O5. The number of carbonyl (C=O) groups is 1. The van der Waals surface area contributed by atoms with Crippen LogP contribution in [-0.2, 0) is 14.3 Å². The summed E-state index contributed by atoms with van der Waals surface area (Å²) in [5.74, 6) is 2.14. The van der Waals surface area contributed by atoms with Crippen LogP contribution < -0.4 is 25.0 Å². The molecule has 4 aromatic rings. The number of carbonyl (C=O) groups excluding carboxylic acids is 1. The van der Waals surface area contributed by atoms with Gasteiger partial charge in [-0.25, -0.2) is 19.3 Å². The van der Waals surface area contributed by atoms with Crippen LogP contribution in [0, 0.1) is 5.82 Å². The van der Waals surface area contributed by atoms with Gasteiger partial charge in [-0.05, 0) is 43.2 Å². The highest BCUT2D eigenvalue weighted by Gasteiger charge is 2.37. The van der Waals surface area contributed by atoms with E-state index in [-0.39, 0.29) is 29.8 Å². The fourth-order valence-electron chi connectivity index (χ4n) is 6.27. The molecule has 3 aliphatic rings. The van der Waals surface area contributed by atoms with Crippen molar-refractivity contribution in [2.45, 2.75) is 31.1 Å². The van der Waals surface area contributed by atoms with E-state index >= 15 is 4.39 Å². The number of nitrogens with one attached hydrogen (secondary N) is 2. The first-order valence-electron chi connectivity index (χ1n) is 15.7. The smallest absolute Gasteiger partial charge is 0.245 e. The second-order valence-corrected chi connectivity index (χ2v) is 11.7. The number of rotatable bonds is 9. The van der Waals surface area contributed by atoms with Crippen LogP contribution >= 0.6 is 0 Å². The number of piperidine rings is 1. The average molecular weight is 642 g/mol. The Labute approximate surface area is 271 Å². The number of ether oxygens (including phenoxy) is 4. The molecule has 13 heteroatoms. The van der Waals surface area contributed by atoms with Crippen molar-refractivity contribution in [1.29, 1.82) is 0 Å². The summed E-state index contributed by atoms with van der Waals surface area (Å²) in [5.41, 5.74) is 1.64. The van der Waals surface area contributed by atoms with E-state index in [4.69, 9.17) is 18.9 Å². The van der Waals surface area contributed by atoms with Gasteiger partial charge in [0.05, 0.1) is 37.2 Å². The number of fused-ring (bicyclic) bond motifs is 2. The Morgan fingerprint density at radius 1 is 1.00 bits per heavy atom. The van der Waals surface area contributed by atoms with Crippen LogP contribution in [-0.4, -0.2) is 90.5 Å². The molecule has 0 radical (unpaired) electrons. The molecule has 3 saturated heterocycles. The van der Waals surface area contributed by atoms with Gasteiger partial charge in [0.15, 0.2) is 0 Å². The molecule has 0 saturated carbocycles. The molecule has 3 aliphatic heterocycles.